The first-order chi connectivity index (χ1) is 8.06. The lowest BCUT2D eigenvalue weighted by atomic mass is 9.89. The van der Waals surface area contributed by atoms with Crippen LogP contribution < -0.4 is 11.3 Å². The molecule has 1 unspecified atom stereocenters. The summed E-state index contributed by atoms with van der Waals surface area (Å²) in [5.74, 6) is 1.64. The van der Waals surface area contributed by atoms with Gasteiger partial charge in [-0.15, -0.1) is 0 Å². The maximum atomic E-state index is 13.6. The molecule has 0 radical (unpaired) electrons. The van der Waals surface area contributed by atoms with Crippen LogP contribution in [-0.2, 0) is 0 Å². The minimum Gasteiger partial charge on any atom is -0.271 e. The number of nitrogens with one attached hydrogen (secondary N) is 1. The lowest BCUT2D eigenvalue weighted by Crippen LogP contribution is -2.34. The van der Waals surface area contributed by atoms with E-state index in [2.05, 4.69) is 5.43 Å². The number of hydrogen-bond donors (Lipinski definition) is 2. The van der Waals surface area contributed by atoms with Gasteiger partial charge in [0.1, 0.15) is 0 Å². The van der Waals surface area contributed by atoms with E-state index in [1.807, 2.05) is 13.8 Å². The average molecular weight is 246 g/mol. The standard InChI is InChI=1S/C12H17F3N2/c1-3-7(4-2)12(17-16)8-5-6-9(13)11(15)10(8)14/h5-7,12,17H,3-4,16H2,1-2H3. The molecule has 0 aromatic heterocycles. The van der Waals surface area contributed by atoms with Crippen LogP contribution in [0.3, 0.4) is 0 Å². The SMILES string of the molecule is CCC(CC)C(NN)c1ccc(F)c(F)c1F. The Bertz CT molecular complexity index is 378. The third-order valence-corrected chi connectivity index (χ3v) is 3.10. The smallest absolute Gasteiger partial charge is 0.194 e. The fourth-order valence-electron chi connectivity index (χ4n) is 2.02. The second-order valence-electron chi connectivity index (χ2n) is 3.99. The van der Waals surface area contributed by atoms with E-state index in [4.69, 9.17) is 5.84 Å². The van der Waals surface area contributed by atoms with Gasteiger partial charge in [0.05, 0.1) is 6.04 Å². The van der Waals surface area contributed by atoms with Crippen molar-refractivity contribution in [3.63, 3.8) is 0 Å². The Morgan fingerprint density at radius 3 is 2.18 bits per heavy atom. The maximum Gasteiger partial charge on any atom is 0.194 e. The Morgan fingerprint density at radius 1 is 1.12 bits per heavy atom. The van der Waals surface area contributed by atoms with Crippen molar-refractivity contribution in [3.8, 4) is 0 Å². The van der Waals surface area contributed by atoms with Crippen molar-refractivity contribution in [2.24, 2.45) is 11.8 Å². The predicted molar refractivity (Wildman–Crippen MR) is 60.5 cm³/mol. The molecule has 0 aliphatic carbocycles. The van der Waals surface area contributed by atoms with Crippen LogP contribution in [0.4, 0.5) is 13.2 Å². The zero-order valence-electron chi connectivity index (χ0n) is 9.93. The highest BCUT2D eigenvalue weighted by Crippen LogP contribution is 2.29. The Morgan fingerprint density at radius 2 is 1.71 bits per heavy atom. The molecule has 3 N–H and O–H groups in total. The fourth-order valence-corrected chi connectivity index (χ4v) is 2.02. The van der Waals surface area contributed by atoms with E-state index in [0.717, 1.165) is 18.9 Å². The zero-order valence-corrected chi connectivity index (χ0v) is 9.93. The highest BCUT2D eigenvalue weighted by molar-refractivity contribution is 5.24. The number of rotatable bonds is 5. The lowest BCUT2D eigenvalue weighted by molar-refractivity contribution is 0.329. The summed E-state index contributed by atoms with van der Waals surface area (Å²) in [6.45, 7) is 3.88. The molecule has 0 fully saturated rings. The molecule has 1 aromatic rings. The number of halogens is 3. The van der Waals surface area contributed by atoms with Crippen LogP contribution in [0.1, 0.15) is 38.3 Å². The van der Waals surface area contributed by atoms with Gasteiger partial charge in [0.2, 0.25) is 0 Å². The summed E-state index contributed by atoms with van der Waals surface area (Å²) >= 11 is 0. The van der Waals surface area contributed by atoms with E-state index in [1.54, 1.807) is 0 Å². The molecule has 1 atom stereocenters. The van der Waals surface area contributed by atoms with Gasteiger partial charge in [-0.25, -0.2) is 13.2 Å². The Kier molecular flexibility index (Phi) is 4.96. The molecular formula is C12H17F3N2. The van der Waals surface area contributed by atoms with Gasteiger partial charge >= 0.3 is 0 Å². The van der Waals surface area contributed by atoms with Crippen LogP contribution >= 0.6 is 0 Å². The molecule has 17 heavy (non-hydrogen) atoms. The predicted octanol–water partition coefficient (Wildman–Crippen LogP) is 3.04. The average Bonchev–Trinajstić information content (AvgIpc) is 2.34. The maximum absolute atomic E-state index is 13.6. The molecule has 0 aliphatic rings. The van der Waals surface area contributed by atoms with Gasteiger partial charge in [-0.3, -0.25) is 11.3 Å². The first-order valence-corrected chi connectivity index (χ1v) is 5.66. The third kappa shape index (κ3) is 2.79. The summed E-state index contributed by atoms with van der Waals surface area (Å²) < 4.78 is 39.6. The van der Waals surface area contributed by atoms with E-state index in [9.17, 15) is 13.2 Å². The summed E-state index contributed by atoms with van der Waals surface area (Å²) in [6, 6.07) is 1.64. The molecule has 0 bridgehead atoms. The molecule has 0 saturated heterocycles. The molecule has 1 aromatic carbocycles. The van der Waals surface area contributed by atoms with Gasteiger partial charge in [-0.05, 0) is 12.0 Å². The Labute approximate surface area is 99.0 Å². The van der Waals surface area contributed by atoms with Crippen molar-refractivity contribution in [1.29, 1.82) is 0 Å². The Balaban J connectivity index is 3.16. The van der Waals surface area contributed by atoms with Gasteiger partial charge in [0, 0.05) is 5.56 Å². The van der Waals surface area contributed by atoms with Crippen LogP contribution in [0.15, 0.2) is 12.1 Å². The van der Waals surface area contributed by atoms with Gasteiger partial charge in [-0.2, -0.15) is 0 Å². The number of benzene rings is 1. The first kappa shape index (κ1) is 14.0. The van der Waals surface area contributed by atoms with Crippen molar-refractivity contribution in [2.45, 2.75) is 32.7 Å². The summed E-state index contributed by atoms with van der Waals surface area (Å²) in [7, 11) is 0. The number of hydrazine groups is 1. The third-order valence-electron chi connectivity index (χ3n) is 3.10. The molecule has 0 spiro atoms. The van der Waals surface area contributed by atoms with Crippen molar-refractivity contribution in [3.05, 3.63) is 35.1 Å². The number of nitrogens with two attached hydrogens (primary N) is 1. The van der Waals surface area contributed by atoms with Crippen LogP contribution in [0, 0.1) is 23.4 Å². The van der Waals surface area contributed by atoms with E-state index >= 15 is 0 Å². The molecular weight excluding hydrogens is 229 g/mol. The van der Waals surface area contributed by atoms with Crippen molar-refractivity contribution < 1.29 is 13.2 Å². The van der Waals surface area contributed by atoms with E-state index in [-0.39, 0.29) is 11.5 Å². The molecule has 0 saturated carbocycles. The topological polar surface area (TPSA) is 38.0 Å². The minimum atomic E-state index is -1.45. The minimum absolute atomic E-state index is 0.0689. The summed E-state index contributed by atoms with van der Waals surface area (Å²) in [4.78, 5) is 0. The van der Waals surface area contributed by atoms with Gasteiger partial charge in [-0.1, -0.05) is 32.8 Å². The molecule has 1 rings (SSSR count). The fraction of sp³-hybridized carbons (Fsp3) is 0.500. The highest BCUT2D eigenvalue weighted by atomic mass is 19.2. The quantitative estimate of drug-likeness (QED) is 0.476. The van der Waals surface area contributed by atoms with Crippen molar-refractivity contribution in [1.82, 2.24) is 5.43 Å². The molecule has 5 heteroatoms. The molecule has 0 heterocycles. The summed E-state index contributed by atoms with van der Waals surface area (Å²) in [5.41, 5.74) is 2.55. The van der Waals surface area contributed by atoms with Crippen molar-refractivity contribution >= 4 is 0 Å². The van der Waals surface area contributed by atoms with Gasteiger partial charge in [0.15, 0.2) is 17.5 Å². The molecule has 96 valence electrons. The largest absolute Gasteiger partial charge is 0.271 e. The van der Waals surface area contributed by atoms with Crippen LogP contribution in [0.2, 0.25) is 0 Å². The van der Waals surface area contributed by atoms with E-state index < -0.39 is 23.5 Å². The highest BCUT2D eigenvalue weighted by Gasteiger charge is 2.25. The summed E-state index contributed by atoms with van der Waals surface area (Å²) in [5, 5.41) is 0. The van der Waals surface area contributed by atoms with Crippen LogP contribution in [0.5, 0.6) is 0 Å². The zero-order chi connectivity index (χ0) is 13.0. The second kappa shape index (κ2) is 6.02. The van der Waals surface area contributed by atoms with Crippen LogP contribution in [0.25, 0.3) is 0 Å². The lowest BCUT2D eigenvalue weighted by Gasteiger charge is -2.25. The molecule has 2 nitrogen and oxygen atoms in total. The van der Waals surface area contributed by atoms with E-state index in [0.29, 0.717) is 0 Å². The van der Waals surface area contributed by atoms with Crippen molar-refractivity contribution in [2.75, 3.05) is 0 Å². The van der Waals surface area contributed by atoms with Gasteiger partial charge in [0.25, 0.3) is 0 Å². The number of hydrogen-bond acceptors (Lipinski definition) is 2. The monoisotopic (exact) mass is 246 g/mol. The van der Waals surface area contributed by atoms with E-state index in [1.165, 1.54) is 6.07 Å². The van der Waals surface area contributed by atoms with Crippen LogP contribution in [-0.4, -0.2) is 0 Å². The van der Waals surface area contributed by atoms with Gasteiger partial charge < -0.3 is 0 Å². The Hall–Kier alpha value is -1.07. The summed E-state index contributed by atoms with van der Waals surface area (Å²) in [6.07, 6.45) is 1.54. The molecule has 0 amide bonds. The second-order valence-corrected chi connectivity index (χ2v) is 3.99. The molecule has 0 aliphatic heterocycles. The normalized spacial score (nSPS) is 13.1. The first-order valence-electron chi connectivity index (χ1n) is 5.66.